The van der Waals surface area contributed by atoms with Gasteiger partial charge in [0.25, 0.3) is 0 Å². The van der Waals surface area contributed by atoms with Gasteiger partial charge in [-0.1, -0.05) is 0 Å². The molecule has 9 nitrogen and oxygen atoms in total. The summed E-state index contributed by atoms with van der Waals surface area (Å²) in [5, 5.41) is -0.612. The van der Waals surface area contributed by atoms with Crippen LogP contribution in [-0.2, 0) is 24.1 Å². The Morgan fingerprint density at radius 3 is 2.42 bits per heavy atom. The normalized spacial score (nSPS) is 21.9. The second kappa shape index (κ2) is 9.54. The van der Waals surface area contributed by atoms with Gasteiger partial charge in [0.2, 0.25) is 5.28 Å². The van der Waals surface area contributed by atoms with E-state index in [9.17, 15) is 13.2 Å². The molecule has 33 heavy (non-hydrogen) atoms. The first kappa shape index (κ1) is 26.0. The van der Waals surface area contributed by atoms with Gasteiger partial charge in [-0.25, -0.2) is 23.2 Å². The number of piperidine rings is 1. The van der Waals surface area contributed by atoms with Crippen molar-refractivity contribution < 1.29 is 22.7 Å². The van der Waals surface area contributed by atoms with E-state index in [4.69, 9.17) is 21.1 Å². The second-order valence-electron chi connectivity index (χ2n) is 10.1. The van der Waals surface area contributed by atoms with E-state index in [2.05, 4.69) is 14.9 Å². The molecule has 2 aliphatic heterocycles. The summed E-state index contributed by atoms with van der Waals surface area (Å²) in [6, 6.07) is 1.82. The molecule has 1 unspecified atom stereocenters. The van der Waals surface area contributed by atoms with Crippen molar-refractivity contribution in [2.75, 3.05) is 37.7 Å². The number of likely N-dealkylation sites (tertiary alicyclic amines) is 1. The Morgan fingerprint density at radius 1 is 1.24 bits per heavy atom. The molecule has 3 heterocycles. The SMILES string of the molecule is CC1COCCN1c1cc(C2(S(=O)(=O)C(C)C)CCN(C(=O)OC(C)(C)C)CC2)nc(Cl)n1. The van der Waals surface area contributed by atoms with Crippen molar-refractivity contribution in [1.29, 1.82) is 0 Å². The Balaban J connectivity index is 1.99. The maximum absolute atomic E-state index is 13.7. The van der Waals surface area contributed by atoms with Crippen LogP contribution in [-0.4, -0.2) is 79.1 Å². The minimum Gasteiger partial charge on any atom is -0.444 e. The molecule has 0 N–H and O–H groups in total. The monoisotopic (exact) mass is 502 g/mol. The zero-order valence-corrected chi connectivity index (χ0v) is 21.9. The fourth-order valence-corrected chi connectivity index (χ4v) is 6.60. The van der Waals surface area contributed by atoms with Crippen LogP contribution in [0, 0.1) is 0 Å². The van der Waals surface area contributed by atoms with Gasteiger partial charge in [0.05, 0.1) is 30.2 Å². The lowest BCUT2D eigenvalue weighted by atomic mass is 9.92. The molecule has 2 saturated heterocycles. The summed E-state index contributed by atoms with van der Waals surface area (Å²) >= 11 is 6.32. The van der Waals surface area contributed by atoms with Gasteiger partial charge in [-0.3, -0.25) is 0 Å². The van der Waals surface area contributed by atoms with E-state index >= 15 is 0 Å². The minimum atomic E-state index is -3.65. The van der Waals surface area contributed by atoms with E-state index in [1.54, 1.807) is 45.6 Å². The molecule has 186 valence electrons. The van der Waals surface area contributed by atoms with Crippen LogP contribution in [0.4, 0.5) is 10.6 Å². The molecular weight excluding hydrogens is 468 g/mol. The third-order valence-corrected chi connectivity index (χ3v) is 9.32. The molecule has 0 saturated carbocycles. The fraction of sp³-hybridized carbons (Fsp3) is 0.773. The fourth-order valence-electron chi connectivity index (χ4n) is 4.37. The number of hydrogen-bond donors (Lipinski definition) is 0. The van der Waals surface area contributed by atoms with Crippen molar-refractivity contribution in [2.24, 2.45) is 0 Å². The number of hydrogen-bond acceptors (Lipinski definition) is 8. The molecule has 3 rings (SSSR count). The average Bonchev–Trinajstić information content (AvgIpc) is 2.72. The number of rotatable bonds is 4. The van der Waals surface area contributed by atoms with Gasteiger partial charge >= 0.3 is 6.09 Å². The molecule has 1 aromatic rings. The number of aromatic nitrogens is 2. The highest BCUT2D eigenvalue weighted by molar-refractivity contribution is 7.92. The van der Waals surface area contributed by atoms with Gasteiger partial charge in [0, 0.05) is 25.7 Å². The van der Waals surface area contributed by atoms with Crippen LogP contribution < -0.4 is 4.90 Å². The van der Waals surface area contributed by atoms with Gasteiger partial charge in [-0.15, -0.1) is 0 Å². The van der Waals surface area contributed by atoms with E-state index in [0.29, 0.717) is 31.3 Å². The largest absolute Gasteiger partial charge is 0.444 e. The number of sulfone groups is 1. The van der Waals surface area contributed by atoms with Crippen LogP contribution in [0.25, 0.3) is 0 Å². The lowest BCUT2D eigenvalue weighted by molar-refractivity contribution is 0.0191. The number of amides is 1. The van der Waals surface area contributed by atoms with E-state index < -0.39 is 31.5 Å². The van der Waals surface area contributed by atoms with E-state index in [1.165, 1.54) is 0 Å². The van der Waals surface area contributed by atoms with Crippen LogP contribution in [0.15, 0.2) is 6.07 Å². The topological polar surface area (TPSA) is 102 Å². The molecule has 1 aromatic heterocycles. The summed E-state index contributed by atoms with van der Waals surface area (Å²) in [6.07, 6.45) is -0.0299. The number of carbonyl (C=O) groups is 1. The summed E-state index contributed by atoms with van der Waals surface area (Å²) in [7, 11) is -3.65. The van der Waals surface area contributed by atoms with Gasteiger partial charge in [-0.05, 0) is 66.0 Å². The maximum Gasteiger partial charge on any atom is 0.410 e. The second-order valence-corrected chi connectivity index (χ2v) is 13.2. The maximum atomic E-state index is 13.7. The standard InChI is InChI=1S/C22H35ClN4O5S/c1-15(2)33(29,30)22(7-9-26(10-8-22)20(28)32-21(4,5)6)17-13-18(25-19(23)24-17)27-11-12-31-14-16(27)3/h13,15-16H,7-12,14H2,1-6H3. The lowest BCUT2D eigenvalue weighted by Gasteiger charge is -2.42. The predicted molar refractivity (Wildman–Crippen MR) is 127 cm³/mol. The summed E-state index contributed by atoms with van der Waals surface area (Å²) in [5.41, 5.74) is -0.242. The molecular formula is C22H35ClN4O5S. The van der Waals surface area contributed by atoms with E-state index in [1.807, 2.05) is 6.92 Å². The van der Waals surface area contributed by atoms with Gasteiger partial charge in [-0.2, -0.15) is 0 Å². The molecule has 1 atom stereocenters. The quantitative estimate of drug-likeness (QED) is 0.577. The highest BCUT2D eigenvalue weighted by atomic mass is 35.5. The molecule has 0 bridgehead atoms. The summed E-state index contributed by atoms with van der Waals surface area (Å²) in [4.78, 5) is 25.0. The summed E-state index contributed by atoms with van der Waals surface area (Å²) in [5.74, 6) is 0.591. The number of nitrogens with zero attached hydrogens (tertiary/aromatic N) is 4. The highest BCUT2D eigenvalue weighted by Gasteiger charge is 2.51. The first-order valence-electron chi connectivity index (χ1n) is 11.4. The third-order valence-electron chi connectivity index (χ3n) is 6.20. The van der Waals surface area contributed by atoms with Crippen molar-refractivity contribution in [3.05, 3.63) is 17.0 Å². The van der Waals surface area contributed by atoms with Crippen molar-refractivity contribution in [3.63, 3.8) is 0 Å². The van der Waals surface area contributed by atoms with Crippen molar-refractivity contribution in [2.45, 2.75) is 76.0 Å². The first-order valence-corrected chi connectivity index (χ1v) is 13.3. The van der Waals surface area contributed by atoms with Crippen molar-refractivity contribution in [3.8, 4) is 0 Å². The van der Waals surface area contributed by atoms with Crippen molar-refractivity contribution in [1.82, 2.24) is 14.9 Å². The smallest absolute Gasteiger partial charge is 0.410 e. The molecule has 0 spiro atoms. The molecule has 0 aromatic carbocycles. The predicted octanol–water partition coefficient (Wildman–Crippen LogP) is 3.40. The van der Waals surface area contributed by atoms with Crippen LogP contribution >= 0.6 is 11.6 Å². The number of carbonyl (C=O) groups excluding carboxylic acids is 1. The molecule has 0 aliphatic carbocycles. The molecule has 1 amide bonds. The number of anilines is 1. The van der Waals surface area contributed by atoms with Crippen LogP contribution in [0.1, 0.15) is 60.1 Å². The molecule has 2 aliphatic rings. The van der Waals surface area contributed by atoms with Gasteiger partial charge < -0.3 is 19.3 Å². The van der Waals surface area contributed by atoms with E-state index in [0.717, 1.165) is 0 Å². The Labute approximate surface area is 201 Å². The van der Waals surface area contributed by atoms with Gasteiger partial charge in [0.1, 0.15) is 16.2 Å². The molecule has 11 heteroatoms. The Hall–Kier alpha value is -1.65. The number of ether oxygens (including phenoxy) is 2. The minimum absolute atomic E-state index is 0.00842. The molecule has 0 radical (unpaired) electrons. The molecule has 2 fully saturated rings. The Kier molecular flexibility index (Phi) is 7.51. The van der Waals surface area contributed by atoms with E-state index in [-0.39, 0.29) is 37.3 Å². The highest BCUT2D eigenvalue weighted by Crippen LogP contribution is 2.43. The zero-order valence-electron chi connectivity index (χ0n) is 20.3. The summed E-state index contributed by atoms with van der Waals surface area (Å²) in [6.45, 7) is 13.0. The lowest BCUT2D eigenvalue weighted by Crippen LogP contribution is -2.52. The van der Waals surface area contributed by atoms with Crippen LogP contribution in [0.3, 0.4) is 0 Å². The van der Waals surface area contributed by atoms with Gasteiger partial charge in [0.15, 0.2) is 9.84 Å². The Morgan fingerprint density at radius 2 is 1.88 bits per heavy atom. The first-order chi connectivity index (χ1) is 15.3. The zero-order chi connectivity index (χ0) is 24.6. The number of morpholine rings is 1. The van der Waals surface area contributed by atoms with Crippen LogP contribution in [0.2, 0.25) is 5.28 Å². The summed E-state index contributed by atoms with van der Waals surface area (Å²) < 4.78 is 37.1. The number of halogens is 1. The third kappa shape index (κ3) is 5.38. The Bertz CT molecular complexity index is 971. The average molecular weight is 503 g/mol. The van der Waals surface area contributed by atoms with Crippen molar-refractivity contribution >= 4 is 33.3 Å². The van der Waals surface area contributed by atoms with Crippen LogP contribution in [0.5, 0.6) is 0 Å².